The molecule has 1 saturated heterocycles. The normalized spacial score (nSPS) is 23.2. The highest BCUT2D eigenvalue weighted by Crippen LogP contribution is 2.03. The summed E-state index contributed by atoms with van der Waals surface area (Å²) < 4.78 is 4.93. The van der Waals surface area contributed by atoms with Gasteiger partial charge in [-0.3, -0.25) is 0 Å². The second-order valence-electron chi connectivity index (χ2n) is 2.11. The number of aliphatic hydroxyl groups excluding tert-OH is 1. The number of aliphatic hydroxyl groups is 1. The molecule has 1 fully saturated rings. The topological polar surface area (TPSA) is 92.8 Å². The molecule has 0 radical (unpaired) electrons. The van der Waals surface area contributed by atoms with Crippen molar-refractivity contribution in [1.82, 2.24) is 0 Å². The van der Waals surface area contributed by atoms with E-state index < -0.39 is 5.09 Å². The average Bonchev–Trinajstić information content (AvgIpc) is 1.87. The summed E-state index contributed by atoms with van der Waals surface area (Å²) >= 11 is 0. The van der Waals surface area contributed by atoms with Crippen LogP contribution in [0.4, 0.5) is 0 Å². The molecule has 0 aromatic carbocycles. The number of hydrogen-bond acceptors (Lipinski definition) is 4. The van der Waals surface area contributed by atoms with Crippen molar-refractivity contribution in [1.29, 1.82) is 0 Å². The maximum Gasteiger partial charge on any atom is 0.291 e. The van der Waals surface area contributed by atoms with E-state index in [-0.39, 0.29) is 6.10 Å². The van der Waals surface area contributed by atoms with Crippen LogP contribution in [-0.4, -0.2) is 34.7 Å². The minimum atomic E-state index is -1.50. The van der Waals surface area contributed by atoms with Crippen molar-refractivity contribution >= 4 is 0 Å². The van der Waals surface area contributed by atoms with E-state index in [4.69, 9.17) is 25.2 Å². The summed E-state index contributed by atoms with van der Waals surface area (Å²) in [5.41, 5.74) is 0. The molecular weight excluding hydrogens is 154 g/mol. The molecule has 1 rings (SSSR count). The molecule has 0 spiro atoms. The fourth-order valence-electron chi connectivity index (χ4n) is 0.724. The van der Waals surface area contributed by atoms with Gasteiger partial charge in [0.2, 0.25) is 0 Å². The van der Waals surface area contributed by atoms with Crippen molar-refractivity contribution in [2.24, 2.45) is 0 Å². The number of ether oxygens (including phenoxy) is 1. The van der Waals surface area contributed by atoms with Crippen molar-refractivity contribution in [3.05, 3.63) is 10.1 Å². The SMILES string of the molecule is O=[N+]([O-])O.OC1CCCOC1. The summed E-state index contributed by atoms with van der Waals surface area (Å²) in [4.78, 5) is 8.36. The van der Waals surface area contributed by atoms with Crippen LogP contribution in [0.15, 0.2) is 0 Å². The van der Waals surface area contributed by atoms with Gasteiger partial charge in [0, 0.05) is 6.61 Å². The lowest BCUT2D eigenvalue weighted by Gasteiger charge is -2.15. The molecule has 0 bridgehead atoms. The first-order valence-electron chi connectivity index (χ1n) is 3.22. The molecule has 1 heterocycles. The second-order valence-corrected chi connectivity index (χ2v) is 2.11. The largest absolute Gasteiger partial charge is 0.391 e. The van der Waals surface area contributed by atoms with Gasteiger partial charge in [0.25, 0.3) is 5.09 Å². The van der Waals surface area contributed by atoms with Crippen LogP contribution in [0, 0.1) is 10.1 Å². The van der Waals surface area contributed by atoms with Crippen molar-refractivity contribution in [2.75, 3.05) is 13.2 Å². The first-order valence-corrected chi connectivity index (χ1v) is 3.22. The van der Waals surface area contributed by atoms with E-state index in [1.54, 1.807) is 0 Å². The van der Waals surface area contributed by atoms with Crippen LogP contribution in [0.3, 0.4) is 0 Å². The van der Waals surface area contributed by atoms with Gasteiger partial charge in [-0.2, -0.15) is 0 Å². The second kappa shape index (κ2) is 5.87. The minimum absolute atomic E-state index is 0.186. The Morgan fingerprint density at radius 1 is 1.64 bits per heavy atom. The van der Waals surface area contributed by atoms with Crippen molar-refractivity contribution in [3.8, 4) is 0 Å². The summed E-state index contributed by atoms with van der Waals surface area (Å²) in [6, 6.07) is 0. The molecule has 1 unspecified atom stereocenters. The van der Waals surface area contributed by atoms with Gasteiger partial charge in [0.1, 0.15) is 0 Å². The maximum atomic E-state index is 8.78. The Labute approximate surface area is 63.5 Å². The number of hydrogen-bond donors (Lipinski definition) is 2. The monoisotopic (exact) mass is 165 g/mol. The minimum Gasteiger partial charge on any atom is -0.391 e. The summed E-state index contributed by atoms with van der Waals surface area (Å²) in [6.45, 7) is 1.37. The van der Waals surface area contributed by atoms with E-state index in [9.17, 15) is 0 Å². The van der Waals surface area contributed by atoms with Gasteiger partial charge >= 0.3 is 0 Å². The molecule has 6 heteroatoms. The lowest BCUT2D eigenvalue weighted by molar-refractivity contribution is -0.742. The zero-order valence-electron chi connectivity index (χ0n) is 5.97. The molecule has 6 nitrogen and oxygen atoms in total. The summed E-state index contributed by atoms with van der Waals surface area (Å²) in [6.07, 6.45) is 1.75. The van der Waals surface area contributed by atoms with Crippen LogP contribution in [0.25, 0.3) is 0 Å². The zero-order valence-corrected chi connectivity index (χ0v) is 5.97. The van der Waals surface area contributed by atoms with Gasteiger partial charge in [0.05, 0.1) is 12.7 Å². The fourth-order valence-corrected chi connectivity index (χ4v) is 0.724. The number of nitrogens with zero attached hydrogens (tertiary/aromatic N) is 1. The van der Waals surface area contributed by atoms with Crippen molar-refractivity contribution in [3.63, 3.8) is 0 Å². The third kappa shape index (κ3) is 9.12. The molecular formula is C5H11NO5. The van der Waals surface area contributed by atoms with E-state index in [0.29, 0.717) is 6.61 Å². The quantitative estimate of drug-likeness (QED) is 0.383. The molecule has 2 N–H and O–H groups in total. The predicted octanol–water partition coefficient (Wildman–Crippen LogP) is -0.190. The zero-order chi connectivity index (χ0) is 8.69. The maximum absolute atomic E-state index is 8.78. The van der Waals surface area contributed by atoms with E-state index in [1.807, 2.05) is 0 Å². The Morgan fingerprint density at radius 3 is 2.36 bits per heavy atom. The third-order valence-electron chi connectivity index (χ3n) is 1.14. The fraction of sp³-hybridized carbons (Fsp3) is 1.00. The Hall–Kier alpha value is -0.880. The van der Waals surface area contributed by atoms with E-state index in [2.05, 4.69) is 0 Å². The van der Waals surface area contributed by atoms with E-state index in [1.165, 1.54) is 0 Å². The molecule has 11 heavy (non-hydrogen) atoms. The smallest absolute Gasteiger partial charge is 0.291 e. The van der Waals surface area contributed by atoms with E-state index in [0.717, 1.165) is 19.4 Å². The Morgan fingerprint density at radius 2 is 2.18 bits per heavy atom. The van der Waals surface area contributed by atoms with Crippen LogP contribution in [0.1, 0.15) is 12.8 Å². The van der Waals surface area contributed by atoms with Crippen LogP contribution in [0.5, 0.6) is 0 Å². The predicted molar refractivity (Wildman–Crippen MR) is 34.8 cm³/mol. The molecule has 0 aromatic heterocycles. The van der Waals surface area contributed by atoms with Gasteiger partial charge in [-0.15, -0.1) is 10.1 Å². The highest BCUT2D eigenvalue weighted by Gasteiger charge is 2.07. The van der Waals surface area contributed by atoms with E-state index >= 15 is 0 Å². The van der Waals surface area contributed by atoms with Gasteiger partial charge in [-0.25, -0.2) is 0 Å². The Bertz CT molecular complexity index is 107. The van der Waals surface area contributed by atoms with Gasteiger partial charge in [-0.1, -0.05) is 0 Å². The van der Waals surface area contributed by atoms with Crippen molar-refractivity contribution < 1.29 is 20.1 Å². The van der Waals surface area contributed by atoms with Crippen LogP contribution < -0.4 is 0 Å². The number of rotatable bonds is 0. The highest BCUT2D eigenvalue weighted by atomic mass is 16.9. The lowest BCUT2D eigenvalue weighted by Crippen LogP contribution is -2.21. The van der Waals surface area contributed by atoms with Gasteiger partial charge in [0.15, 0.2) is 0 Å². The van der Waals surface area contributed by atoms with Gasteiger partial charge in [-0.05, 0) is 12.8 Å². The van der Waals surface area contributed by atoms with Crippen LogP contribution in [-0.2, 0) is 4.74 Å². The molecule has 0 aliphatic carbocycles. The van der Waals surface area contributed by atoms with Crippen molar-refractivity contribution in [2.45, 2.75) is 18.9 Å². The molecule has 0 amide bonds. The lowest BCUT2D eigenvalue weighted by atomic mass is 10.2. The van der Waals surface area contributed by atoms with Crippen LogP contribution in [0.2, 0.25) is 0 Å². The highest BCUT2D eigenvalue weighted by molar-refractivity contribution is 4.57. The molecule has 1 aliphatic heterocycles. The first-order chi connectivity index (χ1) is 5.13. The standard InChI is InChI=1S/C5H10O2.HNO3/c6-5-2-1-3-7-4-5;2-1(3)4/h5-6H,1-4H2;(H,2,3,4). The average molecular weight is 165 g/mol. The first kappa shape index (κ1) is 10.1. The Kier molecular flexibility index (Phi) is 5.40. The summed E-state index contributed by atoms with van der Waals surface area (Å²) in [7, 11) is 0. The Balaban J connectivity index is 0.000000218. The molecule has 1 atom stereocenters. The van der Waals surface area contributed by atoms with Crippen LogP contribution >= 0.6 is 0 Å². The molecule has 0 saturated carbocycles. The third-order valence-corrected chi connectivity index (χ3v) is 1.14. The van der Waals surface area contributed by atoms with Gasteiger partial charge < -0.3 is 15.1 Å². The summed E-state index contributed by atoms with van der Waals surface area (Å²) in [5.74, 6) is 0. The molecule has 1 aliphatic rings. The summed E-state index contributed by atoms with van der Waals surface area (Å²) in [5, 5.41) is 22.4. The molecule has 0 aromatic rings. The molecule has 66 valence electrons.